The molecule has 0 spiro atoms. The monoisotopic (exact) mass is 595 g/mol. The summed E-state index contributed by atoms with van der Waals surface area (Å²) in [5, 5.41) is 0. The molecule has 1 aliphatic carbocycles. The summed E-state index contributed by atoms with van der Waals surface area (Å²) >= 11 is -0.839. The van der Waals surface area contributed by atoms with Crippen molar-refractivity contribution >= 4 is 43.9 Å². The first-order chi connectivity index (χ1) is 14.4. The van der Waals surface area contributed by atoms with Gasteiger partial charge in [0.1, 0.15) is 0 Å². The summed E-state index contributed by atoms with van der Waals surface area (Å²) in [5.41, 5.74) is 0.469. The van der Waals surface area contributed by atoms with Crippen molar-refractivity contribution in [3.05, 3.63) is 0 Å². The van der Waals surface area contributed by atoms with Crippen LogP contribution in [0.15, 0.2) is 0 Å². The molecule has 1 radical (unpaired) electrons. The van der Waals surface area contributed by atoms with E-state index in [1.165, 1.54) is 70.6 Å². The first-order valence-electron chi connectivity index (χ1n) is 13.7. The summed E-state index contributed by atoms with van der Waals surface area (Å²) in [7, 11) is -1.39. The average Bonchev–Trinajstić information content (AvgIpc) is 2.66. The van der Waals surface area contributed by atoms with Gasteiger partial charge >= 0.3 is 92.4 Å². The van der Waals surface area contributed by atoms with Crippen molar-refractivity contribution in [2.75, 3.05) is 0 Å². The van der Waals surface area contributed by atoms with Crippen molar-refractivity contribution < 1.29 is 4.43 Å². The molecule has 0 aliphatic heterocycles. The zero-order valence-electron chi connectivity index (χ0n) is 23.4. The second-order valence-electron chi connectivity index (χ2n) is 12.3. The zero-order valence-corrected chi connectivity index (χ0v) is 29.2. The molecular weight excluding hydrogens is 534 g/mol. The molecule has 2 unspecified atom stereocenters. The van der Waals surface area contributed by atoms with Gasteiger partial charge in [0.25, 0.3) is 0 Å². The zero-order chi connectivity index (χ0) is 24.0. The molecule has 0 N–H and O–H groups in total. The van der Waals surface area contributed by atoms with Gasteiger partial charge in [-0.1, -0.05) is 45.8 Å². The van der Waals surface area contributed by atoms with Crippen LogP contribution in [0, 0.1) is 5.41 Å². The normalized spacial score (nSPS) is 18.3. The van der Waals surface area contributed by atoms with Crippen LogP contribution in [0.2, 0.25) is 52.6 Å². The molecule has 1 saturated carbocycles. The Bertz CT molecular complexity index is 393. The molecule has 0 heterocycles. The van der Waals surface area contributed by atoms with Crippen LogP contribution in [0.25, 0.3) is 0 Å². The van der Waals surface area contributed by atoms with E-state index in [-0.39, 0.29) is 0 Å². The van der Waals surface area contributed by atoms with Crippen LogP contribution in [0.4, 0.5) is 0 Å². The summed E-state index contributed by atoms with van der Waals surface area (Å²) < 4.78 is 11.7. The van der Waals surface area contributed by atoms with E-state index in [0.29, 0.717) is 11.3 Å². The van der Waals surface area contributed by atoms with Crippen LogP contribution >= 0.6 is 8.13 Å². The third-order valence-electron chi connectivity index (χ3n) is 6.32. The van der Waals surface area contributed by atoms with Crippen LogP contribution in [-0.2, 0) is 4.43 Å². The second kappa shape index (κ2) is 17.1. The molecule has 31 heavy (non-hydrogen) atoms. The van der Waals surface area contributed by atoms with Crippen molar-refractivity contribution in [1.82, 2.24) is 0 Å². The first kappa shape index (κ1) is 32.6. The molecule has 0 bridgehead atoms. The van der Waals surface area contributed by atoms with Crippen molar-refractivity contribution in [2.45, 2.75) is 157 Å². The predicted molar refractivity (Wildman–Crippen MR) is 156 cm³/mol. The number of rotatable bonds is 14. The molecule has 2 atom stereocenters. The SMILES string of the molecule is CC1(C(O[Si](C)(C)C)P[Si](C)(C)C)CCCCC1.CCC[CH2][Sn]([CH2]CCC)[CH2]CCC. The molecule has 0 aromatic carbocycles. The Morgan fingerprint density at radius 2 is 1.19 bits per heavy atom. The second-order valence-corrected chi connectivity index (χ2v) is 36.0. The third-order valence-corrected chi connectivity index (χ3v) is 21.9. The fraction of sp³-hybridized carbons (Fsp3) is 1.00. The van der Waals surface area contributed by atoms with Gasteiger partial charge in [-0.3, -0.25) is 0 Å². The molecule has 187 valence electrons. The van der Waals surface area contributed by atoms with Gasteiger partial charge in [-0.15, -0.1) is 8.13 Å². The van der Waals surface area contributed by atoms with Gasteiger partial charge in [0.2, 0.25) is 0 Å². The van der Waals surface area contributed by atoms with Crippen LogP contribution in [0.3, 0.4) is 0 Å². The van der Waals surface area contributed by atoms with Gasteiger partial charge in [0, 0.05) is 0 Å². The van der Waals surface area contributed by atoms with Crippen LogP contribution < -0.4 is 0 Å². The molecule has 1 nitrogen and oxygen atoms in total. The molecule has 1 rings (SSSR count). The van der Waals surface area contributed by atoms with E-state index < -0.39 is 35.8 Å². The van der Waals surface area contributed by atoms with Crippen LogP contribution in [0.5, 0.6) is 0 Å². The maximum atomic E-state index is 6.64. The van der Waals surface area contributed by atoms with Crippen LogP contribution in [-0.4, -0.2) is 41.7 Å². The van der Waals surface area contributed by atoms with E-state index in [2.05, 4.69) is 67.0 Å². The number of unbranched alkanes of at least 4 members (excludes halogenated alkanes) is 3. The Balaban J connectivity index is 0.000000615. The van der Waals surface area contributed by atoms with E-state index in [1.807, 2.05) is 0 Å². The quantitative estimate of drug-likeness (QED) is 0.144. The fourth-order valence-electron chi connectivity index (χ4n) is 4.37. The Morgan fingerprint density at radius 3 is 1.52 bits per heavy atom. The van der Waals surface area contributed by atoms with E-state index in [1.54, 1.807) is 13.3 Å². The minimum absolute atomic E-state index is 0.469. The number of hydrogen-bond donors (Lipinski definition) is 0. The summed E-state index contributed by atoms with van der Waals surface area (Å²) in [6, 6.07) is 0. The molecule has 0 amide bonds. The van der Waals surface area contributed by atoms with E-state index in [9.17, 15) is 0 Å². The molecule has 1 aliphatic rings. The number of hydrogen-bond acceptors (Lipinski definition) is 1. The van der Waals surface area contributed by atoms with E-state index >= 15 is 0 Å². The molecule has 5 heteroatoms. The summed E-state index contributed by atoms with van der Waals surface area (Å²) in [5.74, 6) is 0.552. The van der Waals surface area contributed by atoms with Gasteiger partial charge < -0.3 is 4.43 Å². The molecule has 0 aromatic rings. The minimum atomic E-state index is -1.42. The van der Waals surface area contributed by atoms with Gasteiger partial charge in [-0.05, 0) is 37.9 Å². The van der Waals surface area contributed by atoms with E-state index in [4.69, 9.17) is 4.43 Å². The molecule has 0 aromatic heterocycles. The topological polar surface area (TPSA) is 9.23 Å². The van der Waals surface area contributed by atoms with Gasteiger partial charge in [0.15, 0.2) is 8.32 Å². The summed E-state index contributed by atoms with van der Waals surface area (Å²) in [6.07, 6.45) is 15.9. The van der Waals surface area contributed by atoms with Gasteiger partial charge in [-0.25, -0.2) is 0 Å². The van der Waals surface area contributed by atoms with Gasteiger partial charge in [0.05, 0.1) is 13.6 Å². The van der Waals surface area contributed by atoms with E-state index in [0.717, 1.165) is 8.13 Å². The maximum absolute atomic E-state index is 6.64. The Kier molecular flexibility index (Phi) is 18.0. The van der Waals surface area contributed by atoms with Gasteiger partial charge in [-0.2, -0.15) is 0 Å². The summed E-state index contributed by atoms with van der Waals surface area (Å²) in [4.78, 5) is 0. The third kappa shape index (κ3) is 17.7. The first-order valence-corrected chi connectivity index (χ1v) is 28.7. The molecule has 0 saturated heterocycles. The van der Waals surface area contributed by atoms with Crippen LogP contribution in [0.1, 0.15) is 98.3 Å². The van der Waals surface area contributed by atoms with Crippen molar-refractivity contribution in [3.8, 4) is 0 Å². The fourth-order valence-corrected chi connectivity index (χ4v) is 21.5. The van der Waals surface area contributed by atoms with Crippen molar-refractivity contribution in [1.29, 1.82) is 0 Å². The summed E-state index contributed by atoms with van der Waals surface area (Å²) in [6.45, 7) is 24.0. The van der Waals surface area contributed by atoms with Crippen molar-refractivity contribution in [2.24, 2.45) is 5.41 Å². The predicted octanol–water partition coefficient (Wildman–Crippen LogP) is 10.5. The Labute approximate surface area is 209 Å². The average molecular weight is 595 g/mol. The molecule has 1 fully saturated rings. The Hall–Kier alpha value is 1.62. The van der Waals surface area contributed by atoms with Crippen molar-refractivity contribution in [3.63, 3.8) is 0 Å². The Morgan fingerprint density at radius 1 is 0.774 bits per heavy atom. The molecular formula is C26H60OPSi2Sn. The standard InChI is InChI=1S/C14H33OPSi2.3C4H9.Sn/c1-14(11-9-8-10-12-14)13(15-17(2,3)4)16-18(5,6)7;3*1-3-4-2;/h13,16H,8-12H2,1-7H3;3*1,3-4H2,2H3;.